The molecule has 0 saturated carbocycles. The highest BCUT2D eigenvalue weighted by molar-refractivity contribution is 7.89. The molecule has 0 spiro atoms. The molecule has 1 amide bonds. The fourth-order valence-corrected chi connectivity index (χ4v) is 6.79. The Labute approximate surface area is 240 Å². The summed E-state index contributed by atoms with van der Waals surface area (Å²) in [6.45, 7) is 1.80. The topological polar surface area (TPSA) is 84.3 Å². The summed E-state index contributed by atoms with van der Waals surface area (Å²) in [4.78, 5) is 19.8. The summed E-state index contributed by atoms with van der Waals surface area (Å²) in [7, 11) is -3.88. The summed E-state index contributed by atoms with van der Waals surface area (Å²) >= 11 is 0. The van der Waals surface area contributed by atoms with Gasteiger partial charge in [0.2, 0.25) is 15.9 Å². The van der Waals surface area contributed by atoms with Gasteiger partial charge in [0.25, 0.3) is 0 Å². The number of carbonyl (C=O) groups is 1. The molecule has 6 rings (SSSR count). The van der Waals surface area contributed by atoms with Gasteiger partial charge in [-0.2, -0.15) is 0 Å². The van der Waals surface area contributed by atoms with Crippen molar-refractivity contribution in [1.29, 1.82) is 0 Å². The molecule has 1 atom stereocenters. The lowest BCUT2D eigenvalue weighted by Gasteiger charge is -2.31. The summed E-state index contributed by atoms with van der Waals surface area (Å²) in [5.41, 5.74) is 4.30. The van der Waals surface area contributed by atoms with Gasteiger partial charge in [0, 0.05) is 43.3 Å². The molecule has 7 nitrogen and oxygen atoms in total. The molecule has 2 aromatic heterocycles. The molecule has 41 heavy (non-hydrogen) atoms. The quantitative estimate of drug-likeness (QED) is 0.264. The van der Waals surface area contributed by atoms with E-state index in [0.29, 0.717) is 13.1 Å². The number of nitrogens with zero attached hydrogens (tertiary/aromatic N) is 3. The van der Waals surface area contributed by atoms with Crippen molar-refractivity contribution in [1.82, 2.24) is 19.2 Å². The van der Waals surface area contributed by atoms with Crippen LogP contribution in [0.1, 0.15) is 35.0 Å². The third-order valence-corrected chi connectivity index (χ3v) is 9.23. The van der Waals surface area contributed by atoms with Crippen LogP contribution in [-0.2, 0) is 40.7 Å². The number of amides is 1. The van der Waals surface area contributed by atoms with Crippen LogP contribution in [0.25, 0.3) is 10.8 Å². The zero-order chi connectivity index (χ0) is 28.2. The lowest BCUT2D eigenvalue weighted by Crippen LogP contribution is -2.40. The monoisotopic (exact) mass is 564 g/mol. The van der Waals surface area contributed by atoms with Crippen molar-refractivity contribution in [3.05, 3.63) is 132 Å². The van der Waals surface area contributed by atoms with Crippen molar-refractivity contribution >= 4 is 26.7 Å². The average Bonchev–Trinajstić information content (AvgIpc) is 3.42. The lowest BCUT2D eigenvalue weighted by molar-refractivity contribution is -0.133. The van der Waals surface area contributed by atoms with Crippen LogP contribution in [-0.4, -0.2) is 35.3 Å². The molecule has 0 saturated heterocycles. The van der Waals surface area contributed by atoms with E-state index in [1.165, 1.54) is 11.3 Å². The second-order valence-corrected chi connectivity index (χ2v) is 12.2. The van der Waals surface area contributed by atoms with Crippen LogP contribution in [0.3, 0.4) is 0 Å². The molecule has 1 N–H and O–H groups in total. The highest BCUT2D eigenvalue weighted by atomic mass is 32.2. The minimum atomic E-state index is -3.88. The van der Waals surface area contributed by atoms with Crippen molar-refractivity contribution in [2.45, 2.75) is 43.3 Å². The summed E-state index contributed by atoms with van der Waals surface area (Å²) < 4.78 is 32.1. The fourth-order valence-electron chi connectivity index (χ4n) is 5.53. The Kier molecular flexibility index (Phi) is 7.67. The average molecular weight is 565 g/mol. The Morgan fingerprint density at radius 2 is 1.66 bits per heavy atom. The van der Waals surface area contributed by atoms with Gasteiger partial charge in [0.1, 0.15) is 0 Å². The van der Waals surface area contributed by atoms with Gasteiger partial charge >= 0.3 is 0 Å². The Hall–Kier alpha value is -4.27. The third kappa shape index (κ3) is 6.09. The van der Waals surface area contributed by atoms with E-state index in [0.717, 1.165) is 41.4 Å². The van der Waals surface area contributed by atoms with Crippen molar-refractivity contribution in [2.24, 2.45) is 0 Å². The third-order valence-electron chi connectivity index (χ3n) is 7.76. The van der Waals surface area contributed by atoms with Gasteiger partial charge in [-0.25, -0.2) is 13.1 Å². The number of aryl methyl sites for hydroxylation is 2. The van der Waals surface area contributed by atoms with Crippen LogP contribution in [0.15, 0.2) is 114 Å². The molecule has 208 valence electrons. The van der Waals surface area contributed by atoms with E-state index in [-0.39, 0.29) is 17.2 Å². The van der Waals surface area contributed by atoms with Crippen LogP contribution in [0.5, 0.6) is 0 Å². The summed E-state index contributed by atoms with van der Waals surface area (Å²) in [6, 6.07) is 29.6. The molecule has 0 bridgehead atoms. The number of hydrogen-bond donors (Lipinski definition) is 1. The van der Waals surface area contributed by atoms with Gasteiger partial charge < -0.3 is 9.47 Å². The number of rotatable bonds is 9. The van der Waals surface area contributed by atoms with Crippen LogP contribution in [0, 0.1) is 0 Å². The number of pyridine rings is 1. The minimum Gasteiger partial charge on any atom is -0.345 e. The maximum Gasteiger partial charge on any atom is 0.241 e. The van der Waals surface area contributed by atoms with Crippen LogP contribution in [0.4, 0.5) is 0 Å². The van der Waals surface area contributed by atoms with Crippen molar-refractivity contribution < 1.29 is 13.2 Å². The van der Waals surface area contributed by atoms with Crippen LogP contribution < -0.4 is 4.72 Å². The van der Waals surface area contributed by atoms with Crippen LogP contribution >= 0.6 is 0 Å². The Bertz CT molecular complexity index is 1770. The molecule has 1 aliphatic rings. The van der Waals surface area contributed by atoms with Crippen molar-refractivity contribution in [3.63, 3.8) is 0 Å². The fraction of sp³-hybridized carbons (Fsp3) is 0.212. The van der Waals surface area contributed by atoms with Crippen molar-refractivity contribution in [3.8, 4) is 0 Å². The standard InChI is InChI=1S/C33H32N4O3S/c38-33(36-19-20-37-29(15-16-30(37)24-36)14-12-25-7-6-18-34-23-25)22-32(27-9-2-1-3-10-27)35-41(39,40)31-17-13-26-8-4-5-11-28(26)21-31/h1-11,13,15-18,21,23,32,35H,12,14,19-20,22,24H2. The molecule has 0 aliphatic carbocycles. The number of aromatic nitrogens is 2. The molecule has 5 aromatic rings. The molecule has 8 heteroatoms. The molecule has 3 heterocycles. The summed E-state index contributed by atoms with van der Waals surface area (Å²) in [5.74, 6) is -0.0792. The van der Waals surface area contributed by atoms with Gasteiger partial charge in [-0.3, -0.25) is 9.78 Å². The molecular weight excluding hydrogens is 532 g/mol. The maximum atomic E-state index is 13.6. The normalized spacial score (nSPS) is 14.1. The zero-order valence-electron chi connectivity index (χ0n) is 22.7. The number of fused-ring (bicyclic) bond motifs is 2. The highest BCUT2D eigenvalue weighted by Gasteiger charge is 2.28. The Morgan fingerprint density at radius 3 is 2.46 bits per heavy atom. The number of benzene rings is 3. The van der Waals surface area contributed by atoms with E-state index in [2.05, 4.69) is 32.5 Å². The largest absolute Gasteiger partial charge is 0.345 e. The predicted molar refractivity (Wildman–Crippen MR) is 160 cm³/mol. The SMILES string of the molecule is O=C(CC(NS(=O)(=O)c1ccc2ccccc2c1)c1ccccc1)N1CCn2c(CCc3cccnc3)ccc2C1. The van der Waals surface area contributed by atoms with E-state index in [9.17, 15) is 13.2 Å². The summed E-state index contributed by atoms with van der Waals surface area (Å²) in [6.07, 6.45) is 5.54. The summed E-state index contributed by atoms with van der Waals surface area (Å²) in [5, 5.41) is 1.81. The van der Waals surface area contributed by atoms with E-state index in [1.54, 1.807) is 24.4 Å². The Morgan fingerprint density at radius 1 is 0.854 bits per heavy atom. The molecule has 0 radical (unpaired) electrons. The van der Waals surface area contributed by atoms with Gasteiger partial charge in [-0.05, 0) is 65.1 Å². The van der Waals surface area contributed by atoms with Crippen LogP contribution in [0.2, 0.25) is 0 Å². The van der Waals surface area contributed by atoms with E-state index in [1.807, 2.05) is 71.8 Å². The van der Waals surface area contributed by atoms with Crippen molar-refractivity contribution in [2.75, 3.05) is 6.54 Å². The van der Waals surface area contributed by atoms with E-state index in [4.69, 9.17) is 0 Å². The second kappa shape index (κ2) is 11.7. The molecule has 0 fully saturated rings. The number of sulfonamides is 1. The first-order chi connectivity index (χ1) is 20.0. The molecular formula is C33H32N4O3S. The smallest absolute Gasteiger partial charge is 0.241 e. The molecule has 1 aliphatic heterocycles. The second-order valence-electron chi connectivity index (χ2n) is 10.4. The number of nitrogens with one attached hydrogen (secondary N) is 1. The van der Waals surface area contributed by atoms with Gasteiger partial charge in [-0.15, -0.1) is 0 Å². The van der Waals surface area contributed by atoms with E-state index < -0.39 is 16.1 Å². The highest BCUT2D eigenvalue weighted by Crippen LogP contribution is 2.26. The first-order valence-electron chi connectivity index (χ1n) is 13.9. The first-order valence-corrected chi connectivity index (χ1v) is 15.3. The molecule has 1 unspecified atom stereocenters. The number of carbonyl (C=O) groups excluding carboxylic acids is 1. The lowest BCUT2D eigenvalue weighted by atomic mass is 10.0. The van der Waals surface area contributed by atoms with Gasteiger partial charge in [0.15, 0.2) is 0 Å². The van der Waals surface area contributed by atoms with Gasteiger partial charge in [0.05, 0.1) is 17.5 Å². The van der Waals surface area contributed by atoms with Gasteiger partial charge in [-0.1, -0.05) is 66.7 Å². The molecule has 3 aromatic carbocycles. The zero-order valence-corrected chi connectivity index (χ0v) is 23.5. The van der Waals surface area contributed by atoms with E-state index >= 15 is 0 Å². The minimum absolute atomic E-state index is 0.0331. The Balaban J connectivity index is 1.17. The number of hydrogen-bond acceptors (Lipinski definition) is 4. The predicted octanol–water partition coefficient (Wildman–Crippen LogP) is 5.27. The maximum absolute atomic E-state index is 13.6. The first kappa shape index (κ1) is 26.9.